The largest absolute Gasteiger partial charge is 0.476 e. The molecule has 0 radical (unpaired) electrons. The SMILES string of the molecule is CCCc1nc(Cn2nc(C(=O)O)ccc2=O)cs1. The Balaban J connectivity index is 2.24. The van der Waals surface area contributed by atoms with Crippen LogP contribution in [0.1, 0.15) is 34.5 Å². The predicted octanol–water partition coefficient (Wildman–Crippen LogP) is 1.40. The van der Waals surface area contributed by atoms with Gasteiger partial charge in [0.15, 0.2) is 5.69 Å². The van der Waals surface area contributed by atoms with Crippen molar-refractivity contribution in [3.63, 3.8) is 0 Å². The molecule has 0 aliphatic carbocycles. The molecule has 6 nitrogen and oxygen atoms in total. The summed E-state index contributed by atoms with van der Waals surface area (Å²) >= 11 is 1.54. The number of thiazole rings is 1. The minimum Gasteiger partial charge on any atom is -0.476 e. The van der Waals surface area contributed by atoms with Crippen LogP contribution in [-0.4, -0.2) is 25.8 Å². The van der Waals surface area contributed by atoms with Crippen molar-refractivity contribution in [1.29, 1.82) is 0 Å². The van der Waals surface area contributed by atoms with Crippen molar-refractivity contribution < 1.29 is 9.90 Å². The first kappa shape index (κ1) is 13.4. The van der Waals surface area contributed by atoms with Gasteiger partial charge in [-0.15, -0.1) is 11.3 Å². The van der Waals surface area contributed by atoms with Crippen LogP contribution in [0.25, 0.3) is 0 Å². The number of aromatic carboxylic acids is 1. The van der Waals surface area contributed by atoms with Gasteiger partial charge in [0.1, 0.15) is 0 Å². The Kier molecular flexibility index (Phi) is 4.06. The number of carbonyl (C=O) groups is 1. The molecule has 7 heteroatoms. The summed E-state index contributed by atoms with van der Waals surface area (Å²) in [5.41, 5.74) is 0.240. The molecule has 0 unspecified atom stereocenters. The van der Waals surface area contributed by atoms with Crippen molar-refractivity contribution in [1.82, 2.24) is 14.8 Å². The molecule has 2 rings (SSSR count). The molecule has 0 aliphatic heterocycles. The van der Waals surface area contributed by atoms with Gasteiger partial charge in [-0.25, -0.2) is 14.5 Å². The summed E-state index contributed by atoms with van der Waals surface area (Å²) in [7, 11) is 0. The second-order valence-corrected chi connectivity index (χ2v) is 4.94. The summed E-state index contributed by atoms with van der Waals surface area (Å²) in [5, 5.41) is 15.5. The molecule has 2 heterocycles. The van der Waals surface area contributed by atoms with Gasteiger partial charge in [0.2, 0.25) is 0 Å². The van der Waals surface area contributed by atoms with Gasteiger partial charge in [-0.05, 0) is 18.9 Å². The van der Waals surface area contributed by atoms with Gasteiger partial charge in [0, 0.05) is 11.4 Å². The molecule has 2 aromatic rings. The lowest BCUT2D eigenvalue weighted by Crippen LogP contribution is -2.25. The van der Waals surface area contributed by atoms with Crippen LogP contribution in [0.3, 0.4) is 0 Å². The van der Waals surface area contributed by atoms with Crippen molar-refractivity contribution in [2.75, 3.05) is 0 Å². The Hall–Kier alpha value is -2.02. The third-order valence-electron chi connectivity index (χ3n) is 2.46. The van der Waals surface area contributed by atoms with Gasteiger partial charge in [0.25, 0.3) is 5.56 Å². The van der Waals surface area contributed by atoms with Crippen LogP contribution in [0, 0.1) is 0 Å². The number of aromatic nitrogens is 3. The molecular formula is C12H13N3O3S. The molecule has 0 atom stereocenters. The Morgan fingerprint density at radius 1 is 1.47 bits per heavy atom. The minimum absolute atomic E-state index is 0.149. The molecule has 1 N–H and O–H groups in total. The quantitative estimate of drug-likeness (QED) is 0.894. The van der Waals surface area contributed by atoms with Crippen LogP contribution in [-0.2, 0) is 13.0 Å². The number of nitrogens with zero attached hydrogens (tertiary/aromatic N) is 3. The Bertz CT molecular complexity index is 648. The minimum atomic E-state index is -1.15. The van der Waals surface area contributed by atoms with E-state index in [1.54, 1.807) is 0 Å². The zero-order valence-corrected chi connectivity index (χ0v) is 11.2. The van der Waals surface area contributed by atoms with Gasteiger partial charge >= 0.3 is 5.97 Å². The zero-order valence-electron chi connectivity index (χ0n) is 10.4. The summed E-state index contributed by atoms with van der Waals surface area (Å²) in [6.07, 6.45) is 1.92. The maximum atomic E-state index is 11.6. The number of carboxylic acid groups (broad SMARTS) is 1. The van der Waals surface area contributed by atoms with Crippen molar-refractivity contribution in [2.24, 2.45) is 0 Å². The molecule has 100 valence electrons. The van der Waals surface area contributed by atoms with E-state index < -0.39 is 5.97 Å². The molecule has 0 bridgehead atoms. The van der Waals surface area contributed by atoms with Crippen LogP contribution in [0.5, 0.6) is 0 Å². The summed E-state index contributed by atoms with van der Waals surface area (Å²) in [6, 6.07) is 2.40. The summed E-state index contributed by atoms with van der Waals surface area (Å²) in [6.45, 7) is 2.27. The van der Waals surface area contributed by atoms with Crippen LogP contribution >= 0.6 is 11.3 Å². The van der Waals surface area contributed by atoms with Gasteiger partial charge in [0.05, 0.1) is 17.2 Å². The van der Waals surface area contributed by atoms with Crippen LogP contribution in [0.15, 0.2) is 22.3 Å². The highest BCUT2D eigenvalue weighted by atomic mass is 32.1. The second kappa shape index (κ2) is 5.75. The van der Waals surface area contributed by atoms with Gasteiger partial charge < -0.3 is 5.11 Å². The van der Waals surface area contributed by atoms with Crippen LogP contribution < -0.4 is 5.56 Å². The normalized spacial score (nSPS) is 10.6. The number of aryl methyl sites for hydroxylation is 1. The molecule has 0 saturated heterocycles. The molecule has 0 fully saturated rings. The molecule has 0 saturated carbocycles. The van der Waals surface area contributed by atoms with Crippen LogP contribution in [0.4, 0.5) is 0 Å². The van der Waals surface area contributed by atoms with Crippen LogP contribution in [0.2, 0.25) is 0 Å². The van der Waals surface area contributed by atoms with E-state index >= 15 is 0 Å². The first-order valence-electron chi connectivity index (χ1n) is 5.85. The first-order chi connectivity index (χ1) is 9.10. The first-order valence-corrected chi connectivity index (χ1v) is 6.73. The molecular weight excluding hydrogens is 266 g/mol. The third-order valence-corrected chi connectivity index (χ3v) is 3.42. The lowest BCUT2D eigenvalue weighted by atomic mass is 10.3. The predicted molar refractivity (Wildman–Crippen MR) is 70.7 cm³/mol. The monoisotopic (exact) mass is 279 g/mol. The lowest BCUT2D eigenvalue weighted by molar-refractivity contribution is 0.0687. The Morgan fingerprint density at radius 3 is 2.95 bits per heavy atom. The molecule has 19 heavy (non-hydrogen) atoms. The average molecular weight is 279 g/mol. The van der Waals surface area contributed by atoms with Crippen molar-refractivity contribution in [2.45, 2.75) is 26.3 Å². The standard InChI is InChI=1S/C12H13N3O3S/c1-2-3-10-13-8(7-19-10)6-15-11(16)5-4-9(14-15)12(17)18/h4-5,7H,2-3,6H2,1H3,(H,17,18). The number of carboxylic acids is 1. The molecule has 0 aromatic carbocycles. The van der Waals surface area contributed by atoms with Crippen molar-refractivity contribution in [3.05, 3.63) is 44.3 Å². The fourth-order valence-electron chi connectivity index (χ4n) is 1.58. The Morgan fingerprint density at radius 2 is 2.26 bits per heavy atom. The molecule has 2 aromatic heterocycles. The van der Waals surface area contributed by atoms with E-state index in [0.29, 0.717) is 0 Å². The molecule has 0 spiro atoms. The van der Waals surface area contributed by atoms with E-state index in [4.69, 9.17) is 5.11 Å². The number of hydrogen-bond acceptors (Lipinski definition) is 5. The van der Waals surface area contributed by atoms with E-state index in [-0.39, 0.29) is 17.8 Å². The van der Waals surface area contributed by atoms with Gasteiger partial charge in [-0.2, -0.15) is 5.10 Å². The fourth-order valence-corrected chi connectivity index (χ4v) is 2.47. The third kappa shape index (κ3) is 3.25. The summed E-state index contributed by atoms with van der Waals surface area (Å²) < 4.78 is 1.12. The highest BCUT2D eigenvalue weighted by Gasteiger charge is 2.09. The Labute approximate surface area is 113 Å². The highest BCUT2D eigenvalue weighted by molar-refractivity contribution is 7.09. The van der Waals surface area contributed by atoms with E-state index in [2.05, 4.69) is 17.0 Å². The second-order valence-electron chi connectivity index (χ2n) is 4.00. The van der Waals surface area contributed by atoms with Crippen molar-refractivity contribution in [3.8, 4) is 0 Å². The van der Waals surface area contributed by atoms with E-state index in [0.717, 1.165) is 28.2 Å². The van der Waals surface area contributed by atoms with E-state index in [1.165, 1.54) is 23.5 Å². The van der Waals surface area contributed by atoms with Gasteiger partial charge in [-0.1, -0.05) is 6.92 Å². The van der Waals surface area contributed by atoms with Gasteiger partial charge in [-0.3, -0.25) is 4.79 Å². The zero-order chi connectivity index (χ0) is 13.8. The topological polar surface area (TPSA) is 85.1 Å². The highest BCUT2D eigenvalue weighted by Crippen LogP contribution is 2.12. The summed E-state index contributed by atoms with van der Waals surface area (Å²) in [5.74, 6) is -1.15. The number of hydrogen-bond donors (Lipinski definition) is 1. The maximum absolute atomic E-state index is 11.6. The average Bonchev–Trinajstić information content (AvgIpc) is 2.80. The fraction of sp³-hybridized carbons (Fsp3) is 0.333. The lowest BCUT2D eigenvalue weighted by Gasteiger charge is -2.02. The molecule has 0 aliphatic rings. The van der Waals surface area contributed by atoms with Crippen molar-refractivity contribution >= 4 is 17.3 Å². The van der Waals surface area contributed by atoms with E-state index in [1.807, 2.05) is 5.38 Å². The number of rotatable bonds is 5. The molecule has 0 amide bonds. The maximum Gasteiger partial charge on any atom is 0.356 e. The van der Waals surface area contributed by atoms with E-state index in [9.17, 15) is 9.59 Å². The smallest absolute Gasteiger partial charge is 0.356 e. The summed E-state index contributed by atoms with van der Waals surface area (Å²) in [4.78, 5) is 26.8.